The topological polar surface area (TPSA) is 104 Å². The van der Waals surface area contributed by atoms with Crippen LogP contribution in [0.1, 0.15) is 17.3 Å². The van der Waals surface area contributed by atoms with Crippen molar-refractivity contribution in [3.63, 3.8) is 0 Å². The molecule has 1 rings (SSSR count). The Kier molecular flexibility index (Phi) is 3.38. The molecule has 0 saturated carbocycles. The summed E-state index contributed by atoms with van der Waals surface area (Å²) in [4.78, 5) is 10.6. The van der Waals surface area contributed by atoms with Crippen LogP contribution in [0, 0.1) is 0 Å². The molecule has 0 aliphatic rings. The summed E-state index contributed by atoms with van der Waals surface area (Å²) in [6.07, 6.45) is 0. The number of benzene rings is 1. The smallest absolute Gasteiger partial charge is 0.339 e. The molecule has 7 heteroatoms. The number of carboxylic acids is 1. The minimum atomic E-state index is -3.43. The highest BCUT2D eigenvalue weighted by atomic mass is 32.2. The molecule has 1 aromatic carbocycles. The second kappa shape index (κ2) is 4.40. The molecule has 0 heterocycles. The number of carboxylic acid groups (broad SMARTS) is 1. The lowest BCUT2D eigenvalue weighted by Gasteiger charge is -2.07. The number of phenols is 1. The molecule has 3 N–H and O–H groups in total. The molecule has 0 aromatic heterocycles. The molecule has 0 atom stereocenters. The first-order valence-corrected chi connectivity index (χ1v) is 6.07. The van der Waals surface area contributed by atoms with Crippen molar-refractivity contribution in [3.8, 4) is 5.75 Å². The van der Waals surface area contributed by atoms with Gasteiger partial charge in [0, 0.05) is 6.07 Å². The normalized spacial score (nSPS) is 11.1. The zero-order valence-corrected chi connectivity index (χ0v) is 9.28. The minimum absolute atomic E-state index is 0.103. The average Bonchev–Trinajstić information content (AvgIpc) is 2.16. The van der Waals surface area contributed by atoms with E-state index >= 15 is 0 Å². The van der Waals surface area contributed by atoms with Crippen LogP contribution in [0.2, 0.25) is 0 Å². The molecule has 1 aromatic rings. The summed E-state index contributed by atoms with van der Waals surface area (Å²) in [6, 6.07) is 3.46. The Morgan fingerprint density at radius 1 is 1.44 bits per heavy atom. The number of hydrogen-bond acceptors (Lipinski definition) is 4. The van der Waals surface area contributed by atoms with Crippen molar-refractivity contribution in [2.24, 2.45) is 0 Å². The predicted molar refractivity (Wildman–Crippen MR) is 58.1 cm³/mol. The molecule has 0 amide bonds. The Hall–Kier alpha value is -1.76. The first-order valence-electron chi connectivity index (χ1n) is 4.42. The number of aromatic hydroxyl groups is 1. The van der Waals surface area contributed by atoms with Crippen molar-refractivity contribution in [2.75, 3.05) is 10.5 Å². The van der Waals surface area contributed by atoms with Gasteiger partial charge in [0.25, 0.3) is 0 Å². The molecule has 6 nitrogen and oxygen atoms in total. The highest BCUT2D eigenvalue weighted by Gasteiger charge is 2.12. The lowest BCUT2D eigenvalue weighted by atomic mass is 10.2. The van der Waals surface area contributed by atoms with E-state index in [1.165, 1.54) is 13.0 Å². The Labute approximate surface area is 92.6 Å². The van der Waals surface area contributed by atoms with Crippen LogP contribution in [0.15, 0.2) is 18.2 Å². The third kappa shape index (κ3) is 2.86. The summed E-state index contributed by atoms with van der Waals surface area (Å²) >= 11 is 0. The summed E-state index contributed by atoms with van der Waals surface area (Å²) in [5, 5.41) is 18.0. The Morgan fingerprint density at radius 2 is 2.06 bits per heavy atom. The van der Waals surface area contributed by atoms with Crippen molar-refractivity contribution in [1.82, 2.24) is 0 Å². The van der Waals surface area contributed by atoms with Gasteiger partial charge in [-0.15, -0.1) is 0 Å². The maximum Gasteiger partial charge on any atom is 0.339 e. The highest BCUT2D eigenvalue weighted by Crippen LogP contribution is 2.22. The summed E-state index contributed by atoms with van der Waals surface area (Å²) in [5.74, 6) is -1.86. The van der Waals surface area contributed by atoms with Gasteiger partial charge in [-0.2, -0.15) is 0 Å². The molecule has 88 valence electrons. The molecule has 0 unspecified atom stereocenters. The van der Waals surface area contributed by atoms with Crippen LogP contribution in [0.25, 0.3) is 0 Å². The molecular weight excluding hydrogens is 234 g/mol. The lowest BCUT2D eigenvalue weighted by Crippen LogP contribution is -2.14. The molecule has 0 aliphatic heterocycles. The van der Waals surface area contributed by atoms with Crippen LogP contribution < -0.4 is 4.72 Å². The third-order valence-corrected chi connectivity index (χ3v) is 3.19. The zero-order valence-electron chi connectivity index (χ0n) is 8.47. The molecule has 16 heavy (non-hydrogen) atoms. The van der Waals surface area contributed by atoms with E-state index in [1.807, 2.05) is 0 Å². The van der Waals surface area contributed by atoms with Gasteiger partial charge in [-0.3, -0.25) is 4.72 Å². The second-order valence-electron chi connectivity index (χ2n) is 3.04. The monoisotopic (exact) mass is 245 g/mol. The van der Waals surface area contributed by atoms with Gasteiger partial charge in [-0.25, -0.2) is 13.2 Å². The quantitative estimate of drug-likeness (QED) is 0.729. The van der Waals surface area contributed by atoms with E-state index in [4.69, 9.17) is 5.11 Å². The molecule has 0 radical (unpaired) electrons. The van der Waals surface area contributed by atoms with Crippen LogP contribution >= 0.6 is 0 Å². The number of anilines is 1. The number of rotatable bonds is 4. The first-order chi connectivity index (χ1) is 7.35. The summed E-state index contributed by atoms with van der Waals surface area (Å²) in [7, 11) is -3.43. The van der Waals surface area contributed by atoms with Crippen molar-refractivity contribution >= 4 is 21.7 Å². The van der Waals surface area contributed by atoms with Crippen LogP contribution in [0.5, 0.6) is 5.75 Å². The van der Waals surface area contributed by atoms with Gasteiger partial charge >= 0.3 is 5.97 Å². The highest BCUT2D eigenvalue weighted by molar-refractivity contribution is 7.92. The molecule has 0 fully saturated rings. The van der Waals surface area contributed by atoms with Gasteiger partial charge in [0.05, 0.1) is 11.4 Å². The largest absolute Gasteiger partial charge is 0.507 e. The van der Waals surface area contributed by atoms with Gasteiger partial charge in [0.2, 0.25) is 10.0 Å². The Morgan fingerprint density at radius 3 is 2.50 bits per heavy atom. The molecule has 0 bridgehead atoms. The van der Waals surface area contributed by atoms with Gasteiger partial charge < -0.3 is 10.2 Å². The fraction of sp³-hybridized carbons (Fsp3) is 0.222. The van der Waals surface area contributed by atoms with E-state index in [-0.39, 0.29) is 17.0 Å². The molecule has 0 saturated heterocycles. The second-order valence-corrected chi connectivity index (χ2v) is 5.05. The molecule has 0 aliphatic carbocycles. The van der Waals surface area contributed by atoms with Gasteiger partial charge in [-0.05, 0) is 19.1 Å². The van der Waals surface area contributed by atoms with Gasteiger partial charge in [0.15, 0.2) is 0 Å². The fourth-order valence-corrected chi connectivity index (χ4v) is 1.66. The van der Waals surface area contributed by atoms with E-state index in [1.54, 1.807) is 0 Å². The van der Waals surface area contributed by atoms with Crippen LogP contribution in [0.3, 0.4) is 0 Å². The number of hydrogen-bond donors (Lipinski definition) is 3. The third-order valence-electron chi connectivity index (χ3n) is 1.88. The SMILES string of the molecule is CCS(=O)(=O)Nc1ccc(C(=O)O)c(O)c1. The number of aromatic carboxylic acids is 1. The van der Waals surface area contributed by atoms with Gasteiger partial charge in [0.1, 0.15) is 11.3 Å². The molecule has 0 spiro atoms. The maximum absolute atomic E-state index is 11.2. The minimum Gasteiger partial charge on any atom is -0.507 e. The van der Waals surface area contributed by atoms with Gasteiger partial charge in [-0.1, -0.05) is 0 Å². The maximum atomic E-state index is 11.2. The first kappa shape index (κ1) is 12.3. The zero-order chi connectivity index (χ0) is 12.3. The van der Waals surface area contributed by atoms with E-state index in [0.717, 1.165) is 12.1 Å². The van der Waals surface area contributed by atoms with E-state index in [2.05, 4.69) is 4.72 Å². The average molecular weight is 245 g/mol. The van der Waals surface area contributed by atoms with E-state index in [9.17, 15) is 18.3 Å². The summed E-state index contributed by atoms with van der Waals surface area (Å²) < 4.78 is 24.6. The predicted octanol–water partition coefficient (Wildman–Crippen LogP) is 0.852. The van der Waals surface area contributed by atoms with E-state index in [0.29, 0.717) is 0 Å². The summed E-state index contributed by atoms with van der Waals surface area (Å²) in [5.41, 5.74) is -0.149. The standard InChI is InChI=1S/C9H11NO5S/c1-2-16(14,15)10-6-3-4-7(9(12)13)8(11)5-6/h3-5,10-11H,2H2,1H3,(H,12,13). The lowest BCUT2D eigenvalue weighted by molar-refractivity contribution is 0.0694. The van der Waals surface area contributed by atoms with Crippen LogP contribution in [-0.4, -0.2) is 30.4 Å². The number of nitrogens with one attached hydrogen (secondary N) is 1. The molecular formula is C9H11NO5S. The van der Waals surface area contributed by atoms with Crippen molar-refractivity contribution in [1.29, 1.82) is 0 Å². The Bertz CT molecular complexity index is 509. The summed E-state index contributed by atoms with van der Waals surface area (Å²) in [6.45, 7) is 1.47. The van der Waals surface area contributed by atoms with E-state index < -0.39 is 21.7 Å². The Balaban J connectivity index is 3.03. The van der Waals surface area contributed by atoms with Crippen molar-refractivity contribution in [2.45, 2.75) is 6.92 Å². The van der Waals surface area contributed by atoms with Crippen LogP contribution in [0.4, 0.5) is 5.69 Å². The fourth-order valence-electron chi connectivity index (χ4n) is 1.03. The van der Waals surface area contributed by atoms with Crippen molar-refractivity contribution in [3.05, 3.63) is 23.8 Å². The van der Waals surface area contributed by atoms with Crippen molar-refractivity contribution < 1.29 is 23.4 Å². The van der Waals surface area contributed by atoms with Crippen LogP contribution in [-0.2, 0) is 10.0 Å². The number of carbonyl (C=O) groups is 1. The number of sulfonamides is 1.